The lowest BCUT2D eigenvalue weighted by Crippen LogP contribution is -2.59. The molecule has 1 aliphatic heterocycles. The number of rotatable bonds is 7. The van der Waals surface area contributed by atoms with E-state index in [0.29, 0.717) is 5.88 Å². The van der Waals surface area contributed by atoms with Crippen LogP contribution in [0, 0.1) is 11.3 Å². The fourth-order valence-corrected chi connectivity index (χ4v) is 3.64. The van der Waals surface area contributed by atoms with Crippen LogP contribution in [-0.4, -0.2) is 58.8 Å². The second kappa shape index (κ2) is 9.17. The number of ether oxygens (including phenoxy) is 1. The number of hydrogen-bond donors (Lipinski definition) is 2. The Morgan fingerprint density at radius 1 is 1.16 bits per heavy atom. The van der Waals surface area contributed by atoms with E-state index in [9.17, 15) is 19.2 Å². The van der Waals surface area contributed by atoms with Crippen LogP contribution in [0.2, 0.25) is 0 Å². The molecule has 1 fully saturated rings. The van der Waals surface area contributed by atoms with E-state index in [4.69, 9.17) is 9.84 Å². The van der Waals surface area contributed by atoms with E-state index in [1.54, 1.807) is 33.2 Å². The third-order valence-electron chi connectivity index (χ3n) is 5.36. The van der Waals surface area contributed by atoms with Gasteiger partial charge < -0.3 is 20.1 Å². The first-order valence-corrected chi connectivity index (χ1v) is 10.0. The summed E-state index contributed by atoms with van der Waals surface area (Å²) in [5.41, 5.74) is 1.75. The van der Waals surface area contributed by atoms with Crippen molar-refractivity contribution in [2.75, 3.05) is 20.2 Å². The van der Waals surface area contributed by atoms with Gasteiger partial charge >= 0.3 is 5.97 Å². The number of carboxylic acids is 1. The summed E-state index contributed by atoms with van der Waals surface area (Å²) in [6.07, 6.45) is 1.70. The van der Waals surface area contributed by atoms with E-state index in [-0.39, 0.29) is 13.1 Å². The summed E-state index contributed by atoms with van der Waals surface area (Å²) in [6, 6.07) is 11.2. The molecular weight excluding hydrogens is 414 g/mol. The van der Waals surface area contributed by atoms with Crippen molar-refractivity contribution in [3.8, 4) is 17.0 Å². The van der Waals surface area contributed by atoms with Crippen molar-refractivity contribution >= 4 is 23.6 Å². The largest absolute Gasteiger partial charge is 0.481 e. The number of amides is 2. The molecule has 3 rings (SSSR count). The molecule has 0 saturated carbocycles. The number of nitrogens with zero attached hydrogens (tertiary/aromatic N) is 2. The topological polar surface area (TPSA) is 126 Å². The summed E-state index contributed by atoms with van der Waals surface area (Å²) >= 11 is 0. The second-order valence-electron chi connectivity index (χ2n) is 8.27. The van der Waals surface area contributed by atoms with Crippen molar-refractivity contribution in [1.29, 1.82) is 0 Å². The van der Waals surface area contributed by atoms with E-state index in [1.807, 2.05) is 30.3 Å². The van der Waals surface area contributed by atoms with Gasteiger partial charge in [-0.2, -0.15) is 0 Å². The van der Waals surface area contributed by atoms with Crippen LogP contribution in [0.5, 0.6) is 5.88 Å². The second-order valence-corrected chi connectivity index (χ2v) is 8.27. The van der Waals surface area contributed by atoms with Crippen LogP contribution < -0.4 is 10.1 Å². The number of Topliss-reactive ketones (excluding diaryl/α,β-unsaturated/α-hetero) is 1. The molecule has 1 aromatic heterocycles. The summed E-state index contributed by atoms with van der Waals surface area (Å²) in [6.45, 7) is 3.08. The molecule has 2 N–H and O–H groups in total. The first-order chi connectivity index (χ1) is 15.1. The molecule has 168 valence electrons. The summed E-state index contributed by atoms with van der Waals surface area (Å²) < 4.78 is 5.07. The summed E-state index contributed by atoms with van der Waals surface area (Å²) in [5, 5.41) is 10.9. The lowest BCUT2D eigenvalue weighted by Gasteiger charge is -2.40. The number of ketones is 1. The molecule has 0 bridgehead atoms. The normalized spacial score (nSPS) is 17.7. The van der Waals surface area contributed by atoms with Crippen molar-refractivity contribution in [2.45, 2.75) is 20.4 Å². The van der Waals surface area contributed by atoms with Crippen molar-refractivity contribution in [2.24, 2.45) is 11.3 Å². The molecule has 0 aliphatic carbocycles. The van der Waals surface area contributed by atoms with Gasteiger partial charge in [-0.05, 0) is 17.2 Å². The van der Waals surface area contributed by atoms with E-state index < -0.39 is 41.4 Å². The number of benzene rings is 1. The van der Waals surface area contributed by atoms with Gasteiger partial charge in [0.25, 0.3) is 0 Å². The maximum absolute atomic E-state index is 12.9. The number of carbonyl (C=O) groups excluding carboxylic acids is 3. The van der Waals surface area contributed by atoms with Gasteiger partial charge in [-0.1, -0.05) is 38.1 Å². The zero-order valence-corrected chi connectivity index (χ0v) is 18.1. The monoisotopic (exact) mass is 439 g/mol. The number of aliphatic carboxylic acids is 1. The Labute approximate surface area is 185 Å². The van der Waals surface area contributed by atoms with Gasteiger partial charge in [0.05, 0.1) is 7.11 Å². The molecular formula is C23H25N3O6. The maximum Gasteiger partial charge on any atom is 0.322 e. The molecule has 0 spiro atoms. The van der Waals surface area contributed by atoms with Gasteiger partial charge in [0.15, 0.2) is 11.7 Å². The maximum atomic E-state index is 12.9. The number of pyridine rings is 1. The standard InChI is InChI=1S/C23H25N3O6/c1-23(2)13-26(22(31)19(20(23)29)21(30)25-11-18(27)28)12-14-4-6-15(7-5-14)16-8-9-17(32-3)24-10-16/h4-10,19H,11-13H2,1-3H3,(H,25,30)(H,27,28). The minimum absolute atomic E-state index is 0.164. The van der Waals surface area contributed by atoms with Crippen molar-refractivity contribution in [3.05, 3.63) is 48.2 Å². The van der Waals surface area contributed by atoms with E-state index in [1.165, 1.54) is 4.90 Å². The van der Waals surface area contributed by atoms with Crippen molar-refractivity contribution in [1.82, 2.24) is 15.2 Å². The van der Waals surface area contributed by atoms with Crippen LogP contribution in [-0.2, 0) is 25.7 Å². The Bertz CT molecular complexity index is 1030. The number of carbonyl (C=O) groups is 4. The first-order valence-electron chi connectivity index (χ1n) is 10.0. The zero-order chi connectivity index (χ0) is 23.5. The highest BCUT2D eigenvalue weighted by molar-refractivity contribution is 6.21. The highest BCUT2D eigenvalue weighted by Crippen LogP contribution is 2.31. The van der Waals surface area contributed by atoms with Crippen LogP contribution in [0.15, 0.2) is 42.6 Å². The van der Waals surface area contributed by atoms with Gasteiger partial charge in [-0.3, -0.25) is 19.2 Å². The highest BCUT2D eigenvalue weighted by atomic mass is 16.5. The summed E-state index contributed by atoms with van der Waals surface area (Å²) in [7, 11) is 1.55. The van der Waals surface area contributed by atoms with Gasteiger partial charge in [0.1, 0.15) is 6.54 Å². The molecule has 0 radical (unpaired) electrons. The Hall–Kier alpha value is -3.75. The average Bonchev–Trinajstić information content (AvgIpc) is 2.77. The molecule has 9 nitrogen and oxygen atoms in total. The van der Waals surface area contributed by atoms with Gasteiger partial charge in [-0.25, -0.2) is 4.98 Å². The van der Waals surface area contributed by atoms with Gasteiger partial charge in [-0.15, -0.1) is 0 Å². The number of aromatic nitrogens is 1. The van der Waals surface area contributed by atoms with Crippen LogP contribution in [0.25, 0.3) is 11.1 Å². The lowest BCUT2D eigenvalue weighted by molar-refractivity contribution is -0.158. The lowest BCUT2D eigenvalue weighted by atomic mass is 9.76. The van der Waals surface area contributed by atoms with E-state index in [2.05, 4.69) is 10.3 Å². The van der Waals surface area contributed by atoms with Crippen LogP contribution in [0.1, 0.15) is 19.4 Å². The highest BCUT2D eigenvalue weighted by Gasteiger charge is 2.49. The Kier molecular flexibility index (Phi) is 6.57. The van der Waals surface area contributed by atoms with Gasteiger partial charge in [0.2, 0.25) is 17.7 Å². The van der Waals surface area contributed by atoms with Crippen LogP contribution in [0.4, 0.5) is 0 Å². The summed E-state index contributed by atoms with van der Waals surface area (Å²) in [4.78, 5) is 54.5. The number of hydrogen-bond acceptors (Lipinski definition) is 6. The molecule has 2 aromatic rings. The fraction of sp³-hybridized carbons (Fsp3) is 0.348. The minimum atomic E-state index is -1.55. The average molecular weight is 439 g/mol. The third kappa shape index (κ3) is 4.93. The molecule has 1 saturated heterocycles. The number of piperidine rings is 1. The van der Waals surface area contributed by atoms with E-state index >= 15 is 0 Å². The quantitative estimate of drug-likeness (QED) is 0.626. The SMILES string of the molecule is COc1ccc(-c2ccc(CN3CC(C)(C)C(=O)C(C(=O)NCC(=O)O)C3=O)cc2)cn1. The predicted octanol–water partition coefficient (Wildman–Crippen LogP) is 1.51. The molecule has 1 aromatic carbocycles. The molecule has 32 heavy (non-hydrogen) atoms. The third-order valence-corrected chi connectivity index (χ3v) is 5.36. The number of carboxylic acid groups (broad SMARTS) is 1. The first kappa shape index (κ1) is 22.9. The van der Waals surface area contributed by atoms with Crippen molar-refractivity contribution < 1.29 is 29.0 Å². The molecule has 9 heteroatoms. The summed E-state index contributed by atoms with van der Waals surface area (Å²) in [5.74, 6) is -4.31. The molecule has 1 aliphatic rings. The van der Waals surface area contributed by atoms with Gasteiger partial charge in [0, 0.05) is 36.3 Å². The zero-order valence-electron chi connectivity index (χ0n) is 18.1. The van der Waals surface area contributed by atoms with E-state index in [0.717, 1.165) is 16.7 Å². The number of methoxy groups -OCH3 is 1. The van der Waals surface area contributed by atoms with Crippen molar-refractivity contribution in [3.63, 3.8) is 0 Å². The number of nitrogens with one attached hydrogen (secondary N) is 1. The van der Waals surface area contributed by atoms with Crippen LogP contribution in [0.3, 0.4) is 0 Å². The Morgan fingerprint density at radius 2 is 1.81 bits per heavy atom. The smallest absolute Gasteiger partial charge is 0.322 e. The molecule has 2 amide bonds. The number of likely N-dealkylation sites (tertiary alicyclic amines) is 1. The fourth-order valence-electron chi connectivity index (χ4n) is 3.64. The van der Waals surface area contributed by atoms with Crippen LogP contribution >= 0.6 is 0 Å². The Balaban J connectivity index is 1.76. The predicted molar refractivity (Wildman–Crippen MR) is 115 cm³/mol. The minimum Gasteiger partial charge on any atom is -0.481 e. The molecule has 2 heterocycles. The Morgan fingerprint density at radius 3 is 2.38 bits per heavy atom. The molecule has 1 unspecified atom stereocenters. The molecule has 1 atom stereocenters.